The molecule has 0 aromatic heterocycles. The molecule has 0 bridgehead atoms. The lowest BCUT2D eigenvalue weighted by molar-refractivity contribution is -0.135. The van der Waals surface area contributed by atoms with Gasteiger partial charge in [-0.15, -0.1) is 11.8 Å². The van der Waals surface area contributed by atoms with Gasteiger partial charge in [0.25, 0.3) is 0 Å². The second-order valence-corrected chi connectivity index (χ2v) is 9.12. The maximum absolute atomic E-state index is 12.9. The summed E-state index contributed by atoms with van der Waals surface area (Å²) in [5, 5.41) is 0. The number of hydrogen-bond donors (Lipinski definition) is 0. The molecule has 0 aliphatic carbocycles. The van der Waals surface area contributed by atoms with Crippen LogP contribution in [0.2, 0.25) is 0 Å². The number of rotatable bonds is 4. The van der Waals surface area contributed by atoms with E-state index in [1.165, 1.54) is 16.1 Å². The maximum Gasteiger partial charge on any atom is 0.244 e. The van der Waals surface area contributed by atoms with Gasteiger partial charge in [0.2, 0.25) is 15.9 Å². The predicted molar refractivity (Wildman–Crippen MR) is 95.5 cm³/mol. The fraction of sp³-hybridized carbons (Fsp3) is 0.588. The first kappa shape index (κ1) is 17.8. The molecule has 0 spiro atoms. The highest BCUT2D eigenvalue weighted by atomic mass is 32.2. The Bertz CT molecular complexity index is 692. The summed E-state index contributed by atoms with van der Waals surface area (Å²) in [5.74, 6) is 0.194. The molecule has 2 saturated heterocycles. The highest BCUT2D eigenvalue weighted by Gasteiger charge is 2.35. The number of carbonyl (C=O) groups is 1. The van der Waals surface area contributed by atoms with Crippen molar-refractivity contribution >= 4 is 27.7 Å². The van der Waals surface area contributed by atoms with Gasteiger partial charge in [0, 0.05) is 37.0 Å². The summed E-state index contributed by atoms with van der Waals surface area (Å²) in [7, 11) is -3.49. The van der Waals surface area contributed by atoms with Crippen molar-refractivity contribution in [1.82, 2.24) is 9.21 Å². The van der Waals surface area contributed by atoms with Crippen LogP contribution < -0.4 is 0 Å². The van der Waals surface area contributed by atoms with Crippen LogP contribution in [-0.2, 0) is 14.8 Å². The third-order valence-electron chi connectivity index (χ3n) is 4.91. The molecule has 0 radical (unpaired) electrons. The van der Waals surface area contributed by atoms with Crippen LogP contribution >= 0.6 is 11.8 Å². The first-order valence-electron chi connectivity index (χ1n) is 8.46. The molecule has 2 aliphatic heterocycles. The van der Waals surface area contributed by atoms with E-state index in [1.54, 1.807) is 12.1 Å². The molecule has 2 aliphatic rings. The van der Waals surface area contributed by atoms with Crippen LogP contribution in [0.1, 0.15) is 25.7 Å². The van der Waals surface area contributed by atoms with Gasteiger partial charge in [-0.2, -0.15) is 4.31 Å². The van der Waals surface area contributed by atoms with Crippen molar-refractivity contribution in [1.29, 1.82) is 0 Å². The third-order valence-corrected chi connectivity index (χ3v) is 7.79. The van der Waals surface area contributed by atoms with Gasteiger partial charge in [-0.25, -0.2) is 8.42 Å². The predicted octanol–water partition coefficient (Wildman–Crippen LogP) is 2.43. The summed E-state index contributed by atoms with van der Waals surface area (Å²) < 4.78 is 27.4. The van der Waals surface area contributed by atoms with E-state index in [1.807, 2.05) is 23.3 Å². The normalized spacial score (nSPS) is 20.5. The largest absolute Gasteiger partial charge is 0.342 e. The molecule has 1 amide bonds. The minimum atomic E-state index is -3.49. The highest BCUT2D eigenvalue weighted by molar-refractivity contribution is 7.99. The lowest BCUT2D eigenvalue weighted by Crippen LogP contribution is -2.43. The van der Waals surface area contributed by atoms with Gasteiger partial charge in [0.05, 0.1) is 4.90 Å². The number of hydrogen-bond acceptors (Lipinski definition) is 4. The Labute approximate surface area is 148 Å². The van der Waals surface area contributed by atoms with Gasteiger partial charge in [-0.1, -0.05) is 12.1 Å². The van der Waals surface area contributed by atoms with E-state index in [-0.39, 0.29) is 11.8 Å². The van der Waals surface area contributed by atoms with E-state index in [9.17, 15) is 13.2 Å². The number of benzene rings is 1. The molecule has 2 heterocycles. The molecule has 0 saturated carbocycles. The average Bonchev–Trinajstić information content (AvgIpc) is 3.15. The minimum Gasteiger partial charge on any atom is -0.342 e. The maximum atomic E-state index is 12.9. The number of sulfonamides is 1. The Morgan fingerprint density at radius 2 is 1.71 bits per heavy atom. The summed E-state index contributed by atoms with van der Waals surface area (Å²) in [6.45, 7) is 2.57. The van der Waals surface area contributed by atoms with Gasteiger partial charge in [-0.05, 0) is 44.1 Å². The lowest BCUT2D eigenvalue weighted by atomic mass is 9.97. The Hall–Kier alpha value is -1.05. The van der Waals surface area contributed by atoms with Crippen LogP contribution in [0.5, 0.6) is 0 Å². The first-order chi connectivity index (χ1) is 11.5. The second kappa shape index (κ2) is 7.45. The Balaban J connectivity index is 1.68. The Morgan fingerprint density at radius 3 is 2.33 bits per heavy atom. The fourth-order valence-electron chi connectivity index (χ4n) is 3.51. The molecule has 0 unspecified atom stereocenters. The minimum absolute atomic E-state index is 0.0228. The number of piperidine rings is 1. The standard InChI is InChI=1S/C17H24N2O3S2/c1-23-15-6-2-3-7-16(15)24(21,22)19-12-8-14(9-13-19)17(20)18-10-4-5-11-18/h2-3,6-7,14H,4-5,8-13H2,1H3. The summed E-state index contributed by atoms with van der Waals surface area (Å²) in [6.07, 6.45) is 5.30. The van der Waals surface area contributed by atoms with Crippen molar-refractivity contribution < 1.29 is 13.2 Å². The van der Waals surface area contributed by atoms with Crippen LogP contribution in [0.3, 0.4) is 0 Å². The average molecular weight is 369 g/mol. The zero-order valence-corrected chi connectivity index (χ0v) is 15.6. The SMILES string of the molecule is CSc1ccccc1S(=O)(=O)N1CCC(C(=O)N2CCCC2)CC1. The van der Waals surface area contributed by atoms with E-state index >= 15 is 0 Å². The molecular weight excluding hydrogens is 344 g/mol. The molecule has 0 atom stereocenters. The van der Waals surface area contributed by atoms with Crippen molar-refractivity contribution in [2.24, 2.45) is 5.92 Å². The monoisotopic (exact) mass is 368 g/mol. The summed E-state index contributed by atoms with van der Waals surface area (Å²) in [5.41, 5.74) is 0. The molecule has 24 heavy (non-hydrogen) atoms. The summed E-state index contributed by atoms with van der Waals surface area (Å²) in [6, 6.07) is 7.12. The van der Waals surface area contributed by atoms with Gasteiger partial charge >= 0.3 is 0 Å². The van der Waals surface area contributed by atoms with E-state index in [2.05, 4.69) is 0 Å². The zero-order valence-electron chi connectivity index (χ0n) is 14.0. The molecule has 0 N–H and O–H groups in total. The van der Waals surface area contributed by atoms with E-state index in [0.717, 1.165) is 30.8 Å². The van der Waals surface area contributed by atoms with Crippen molar-refractivity contribution in [3.05, 3.63) is 24.3 Å². The summed E-state index contributed by atoms with van der Waals surface area (Å²) in [4.78, 5) is 15.6. The first-order valence-corrected chi connectivity index (χ1v) is 11.1. The number of likely N-dealkylation sites (tertiary alicyclic amines) is 1. The molecule has 7 heteroatoms. The quantitative estimate of drug-likeness (QED) is 0.766. The molecule has 1 aromatic rings. The molecule has 5 nitrogen and oxygen atoms in total. The van der Waals surface area contributed by atoms with Crippen LogP contribution in [0.25, 0.3) is 0 Å². The van der Waals surface area contributed by atoms with Crippen LogP contribution in [0, 0.1) is 5.92 Å². The second-order valence-electron chi connectivity index (χ2n) is 6.36. The van der Waals surface area contributed by atoms with E-state index in [4.69, 9.17) is 0 Å². The number of nitrogens with zero attached hydrogens (tertiary/aromatic N) is 2. The number of carbonyl (C=O) groups excluding carboxylic acids is 1. The van der Waals surface area contributed by atoms with Crippen LogP contribution in [-0.4, -0.2) is 56.0 Å². The molecule has 3 rings (SSSR count). The van der Waals surface area contributed by atoms with Gasteiger partial charge in [0.1, 0.15) is 0 Å². The van der Waals surface area contributed by atoms with Gasteiger partial charge in [-0.3, -0.25) is 4.79 Å². The molecular formula is C17H24N2O3S2. The van der Waals surface area contributed by atoms with E-state index in [0.29, 0.717) is 30.8 Å². The molecule has 2 fully saturated rings. The van der Waals surface area contributed by atoms with Gasteiger partial charge < -0.3 is 4.90 Å². The lowest BCUT2D eigenvalue weighted by Gasteiger charge is -2.32. The van der Waals surface area contributed by atoms with Crippen LogP contribution in [0.15, 0.2) is 34.1 Å². The van der Waals surface area contributed by atoms with E-state index < -0.39 is 10.0 Å². The number of thioether (sulfide) groups is 1. The highest BCUT2D eigenvalue weighted by Crippen LogP contribution is 2.30. The third kappa shape index (κ3) is 3.48. The van der Waals surface area contributed by atoms with Crippen LogP contribution in [0.4, 0.5) is 0 Å². The summed E-state index contributed by atoms with van der Waals surface area (Å²) >= 11 is 1.44. The Morgan fingerprint density at radius 1 is 1.08 bits per heavy atom. The smallest absolute Gasteiger partial charge is 0.244 e. The van der Waals surface area contributed by atoms with Crippen molar-refractivity contribution in [3.63, 3.8) is 0 Å². The zero-order chi connectivity index (χ0) is 17.2. The topological polar surface area (TPSA) is 57.7 Å². The van der Waals surface area contributed by atoms with Crippen molar-refractivity contribution in [2.75, 3.05) is 32.4 Å². The van der Waals surface area contributed by atoms with Crippen molar-refractivity contribution in [2.45, 2.75) is 35.5 Å². The molecule has 132 valence electrons. The van der Waals surface area contributed by atoms with Crippen molar-refractivity contribution in [3.8, 4) is 0 Å². The molecule has 1 aromatic carbocycles. The number of amides is 1. The van der Waals surface area contributed by atoms with Gasteiger partial charge in [0.15, 0.2) is 0 Å². The Kier molecular flexibility index (Phi) is 5.52. The fourth-order valence-corrected chi connectivity index (χ4v) is 6.10.